The minimum absolute atomic E-state index is 0.0421. The third-order valence-electron chi connectivity index (χ3n) is 3.16. The molecule has 1 N–H and O–H groups in total. The van der Waals surface area contributed by atoms with Gasteiger partial charge in [-0.05, 0) is 32.1 Å². The molecule has 0 aromatic carbocycles. The smallest absolute Gasteiger partial charge is 0.214 e. The predicted octanol–water partition coefficient (Wildman–Crippen LogP) is 1.57. The molecule has 0 saturated heterocycles. The lowest BCUT2D eigenvalue weighted by molar-refractivity contribution is 0.198. The first-order chi connectivity index (χ1) is 8.11. The molecule has 0 aromatic heterocycles. The van der Waals surface area contributed by atoms with Crippen LogP contribution in [-0.4, -0.2) is 48.7 Å². The normalized spacial score (nSPS) is 17.4. The van der Waals surface area contributed by atoms with Crippen LogP contribution in [0.1, 0.15) is 38.5 Å². The Bertz CT molecular complexity index is 304. The summed E-state index contributed by atoms with van der Waals surface area (Å²) >= 11 is 5.55. The topological polar surface area (TPSA) is 57.6 Å². The summed E-state index contributed by atoms with van der Waals surface area (Å²) in [5.74, 6) is 0.692. The summed E-state index contributed by atoms with van der Waals surface area (Å²) in [5, 5.41) is 8.83. The van der Waals surface area contributed by atoms with Crippen LogP contribution in [-0.2, 0) is 10.0 Å². The highest BCUT2D eigenvalue weighted by molar-refractivity contribution is 7.89. The standard InChI is InChI=1S/C11H22ClNO3S/c12-7-1-2-10-17(15,16)13(8-4-9-14)11-5-3-6-11/h11,14H,1-10H2. The number of aliphatic hydroxyl groups is 1. The molecule has 0 amide bonds. The molecule has 17 heavy (non-hydrogen) atoms. The van der Waals surface area contributed by atoms with E-state index in [9.17, 15) is 8.42 Å². The molecule has 1 aliphatic rings. The number of aliphatic hydroxyl groups excluding tert-OH is 1. The zero-order chi connectivity index (χ0) is 12.7. The first-order valence-corrected chi connectivity index (χ1v) is 8.42. The van der Waals surface area contributed by atoms with Gasteiger partial charge in [-0.25, -0.2) is 8.42 Å². The predicted molar refractivity (Wildman–Crippen MR) is 69.8 cm³/mol. The first-order valence-electron chi connectivity index (χ1n) is 6.28. The van der Waals surface area contributed by atoms with Crippen molar-refractivity contribution < 1.29 is 13.5 Å². The van der Waals surface area contributed by atoms with E-state index in [4.69, 9.17) is 16.7 Å². The number of rotatable bonds is 9. The van der Waals surface area contributed by atoms with Crippen molar-refractivity contribution in [3.8, 4) is 0 Å². The molecule has 0 unspecified atom stereocenters. The summed E-state index contributed by atoms with van der Waals surface area (Å²) in [5.41, 5.74) is 0. The molecule has 1 saturated carbocycles. The second kappa shape index (κ2) is 7.56. The van der Waals surface area contributed by atoms with Gasteiger partial charge in [-0.1, -0.05) is 6.42 Å². The van der Waals surface area contributed by atoms with E-state index < -0.39 is 10.0 Å². The van der Waals surface area contributed by atoms with Crippen LogP contribution in [0, 0.1) is 0 Å². The summed E-state index contributed by atoms with van der Waals surface area (Å²) in [7, 11) is -3.16. The van der Waals surface area contributed by atoms with E-state index in [2.05, 4.69) is 0 Å². The summed E-state index contributed by atoms with van der Waals surface area (Å²) in [4.78, 5) is 0. The Morgan fingerprint density at radius 2 is 1.94 bits per heavy atom. The molecule has 0 heterocycles. The molecular formula is C11H22ClNO3S. The Morgan fingerprint density at radius 3 is 2.41 bits per heavy atom. The van der Waals surface area contributed by atoms with E-state index >= 15 is 0 Å². The number of nitrogens with zero attached hydrogens (tertiary/aromatic N) is 1. The number of unbranched alkanes of at least 4 members (excludes halogenated alkanes) is 1. The fraction of sp³-hybridized carbons (Fsp3) is 1.00. The van der Waals surface area contributed by atoms with Crippen molar-refractivity contribution in [2.24, 2.45) is 0 Å². The Balaban J connectivity index is 2.53. The molecule has 4 nitrogen and oxygen atoms in total. The van der Waals surface area contributed by atoms with Gasteiger partial charge in [0, 0.05) is 25.1 Å². The number of alkyl halides is 1. The maximum atomic E-state index is 12.1. The Hall–Kier alpha value is 0.160. The highest BCUT2D eigenvalue weighted by Crippen LogP contribution is 2.27. The molecule has 0 spiro atoms. The quantitative estimate of drug-likeness (QED) is 0.516. The van der Waals surface area contributed by atoms with Crippen LogP contribution in [0.5, 0.6) is 0 Å². The maximum Gasteiger partial charge on any atom is 0.214 e. The minimum atomic E-state index is -3.16. The highest BCUT2D eigenvalue weighted by Gasteiger charge is 2.32. The Kier molecular flexibility index (Phi) is 6.77. The van der Waals surface area contributed by atoms with Crippen LogP contribution in [0.2, 0.25) is 0 Å². The molecule has 0 bridgehead atoms. The van der Waals surface area contributed by atoms with E-state index in [0.717, 1.165) is 25.7 Å². The van der Waals surface area contributed by atoms with E-state index in [-0.39, 0.29) is 18.4 Å². The van der Waals surface area contributed by atoms with E-state index in [1.807, 2.05) is 0 Å². The van der Waals surface area contributed by atoms with Gasteiger partial charge in [-0.3, -0.25) is 0 Å². The Labute approximate surface area is 109 Å². The van der Waals surface area contributed by atoms with E-state index in [1.54, 1.807) is 4.31 Å². The van der Waals surface area contributed by atoms with Crippen molar-refractivity contribution >= 4 is 21.6 Å². The number of hydrogen-bond acceptors (Lipinski definition) is 3. The lowest BCUT2D eigenvalue weighted by atomic mass is 9.93. The van der Waals surface area contributed by atoms with Gasteiger partial charge in [-0.2, -0.15) is 4.31 Å². The van der Waals surface area contributed by atoms with Crippen molar-refractivity contribution in [2.75, 3.05) is 24.8 Å². The highest BCUT2D eigenvalue weighted by atomic mass is 35.5. The summed E-state index contributed by atoms with van der Waals surface area (Å²) in [6.45, 7) is 0.491. The molecule has 0 aromatic rings. The molecule has 0 atom stereocenters. The van der Waals surface area contributed by atoms with Crippen molar-refractivity contribution in [2.45, 2.75) is 44.6 Å². The summed E-state index contributed by atoms with van der Waals surface area (Å²) in [6.07, 6.45) is 4.90. The average Bonchev–Trinajstić information content (AvgIpc) is 2.21. The SMILES string of the molecule is O=S(=O)(CCCCCl)N(CCCO)C1CCC1. The van der Waals surface area contributed by atoms with Crippen LogP contribution in [0.4, 0.5) is 0 Å². The van der Waals surface area contributed by atoms with Crippen LogP contribution in [0.3, 0.4) is 0 Å². The van der Waals surface area contributed by atoms with Gasteiger partial charge in [0.1, 0.15) is 0 Å². The maximum absolute atomic E-state index is 12.1. The van der Waals surface area contributed by atoms with Gasteiger partial charge < -0.3 is 5.11 Å². The first kappa shape index (κ1) is 15.2. The molecule has 1 fully saturated rings. The Morgan fingerprint density at radius 1 is 1.24 bits per heavy atom. The number of hydrogen-bond donors (Lipinski definition) is 1. The molecule has 102 valence electrons. The fourth-order valence-corrected chi connectivity index (χ4v) is 4.01. The van der Waals surface area contributed by atoms with Crippen LogP contribution < -0.4 is 0 Å². The van der Waals surface area contributed by atoms with Crippen LogP contribution in [0.25, 0.3) is 0 Å². The monoisotopic (exact) mass is 283 g/mol. The van der Waals surface area contributed by atoms with Gasteiger partial charge in [-0.15, -0.1) is 11.6 Å². The van der Waals surface area contributed by atoms with Gasteiger partial charge in [0.05, 0.1) is 5.75 Å². The van der Waals surface area contributed by atoms with Crippen molar-refractivity contribution in [3.63, 3.8) is 0 Å². The van der Waals surface area contributed by atoms with Gasteiger partial charge in [0.2, 0.25) is 10.0 Å². The molecule has 1 rings (SSSR count). The molecule has 6 heteroatoms. The van der Waals surface area contributed by atoms with Gasteiger partial charge in [0.15, 0.2) is 0 Å². The lowest BCUT2D eigenvalue weighted by Crippen LogP contribution is -2.45. The lowest BCUT2D eigenvalue weighted by Gasteiger charge is -2.36. The largest absolute Gasteiger partial charge is 0.396 e. The van der Waals surface area contributed by atoms with Gasteiger partial charge in [0.25, 0.3) is 0 Å². The van der Waals surface area contributed by atoms with Crippen LogP contribution >= 0.6 is 11.6 Å². The van der Waals surface area contributed by atoms with Crippen LogP contribution in [0.15, 0.2) is 0 Å². The molecule has 0 radical (unpaired) electrons. The molecule has 0 aliphatic heterocycles. The fourth-order valence-electron chi connectivity index (χ4n) is 1.95. The summed E-state index contributed by atoms with van der Waals surface area (Å²) < 4.78 is 25.9. The van der Waals surface area contributed by atoms with Crippen molar-refractivity contribution in [1.29, 1.82) is 0 Å². The van der Waals surface area contributed by atoms with Gasteiger partial charge >= 0.3 is 0 Å². The zero-order valence-electron chi connectivity index (χ0n) is 10.1. The van der Waals surface area contributed by atoms with Crippen molar-refractivity contribution in [1.82, 2.24) is 4.31 Å². The minimum Gasteiger partial charge on any atom is -0.396 e. The summed E-state index contributed by atoms with van der Waals surface area (Å²) in [6, 6.07) is 0.169. The number of sulfonamides is 1. The average molecular weight is 284 g/mol. The van der Waals surface area contributed by atoms with E-state index in [0.29, 0.717) is 25.3 Å². The van der Waals surface area contributed by atoms with E-state index in [1.165, 1.54) is 0 Å². The third kappa shape index (κ3) is 4.73. The molecule has 1 aliphatic carbocycles. The van der Waals surface area contributed by atoms with Crippen molar-refractivity contribution in [3.05, 3.63) is 0 Å². The second-order valence-corrected chi connectivity index (χ2v) is 6.90. The zero-order valence-corrected chi connectivity index (χ0v) is 11.7. The second-order valence-electron chi connectivity index (χ2n) is 4.48. The number of halogens is 1. The molecular weight excluding hydrogens is 262 g/mol. The third-order valence-corrected chi connectivity index (χ3v) is 5.43.